The van der Waals surface area contributed by atoms with Crippen molar-refractivity contribution >= 4 is 17.9 Å². The van der Waals surface area contributed by atoms with Gasteiger partial charge in [0.25, 0.3) is 5.91 Å². The number of benzene rings is 1. The van der Waals surface area contributed by atoms with Crippen LogP contribution in [0.3, 0.4) is 0 Å². The molecule has 3 heteroatoms. The molecule has 0 saturated carbocycles. The first-order valence-corrected chi connectivity index (χ1v) is 5.71. The molecule has 1 aromatic rings. The number of amides is 2. The minimum atomic E-state index is -0.275. The predicted molar refractivity (Wildman–Crippen MR) is 66.3 cm³/mol. The number of nitrogens with one attached hydrogen (secondary N) is 1. The zero-order valence-electron chi connectivity index (χ0n) is 9.99. The molecule has 0 aliphatic carbocycles. The van der Waals surface area contributed by atoms with Crippen molar-refractivity contribution in [1.82, 2.24) is 5.32 Å². The van der Waals surface area contributed by atoms with E-state index in [1.807, 2.05) is 24.3 Å². The van der Waals surface area contributed by atoms with Gasteiger partial charge in [-0.15, -0.1) is 0 Å². The van der Waals surface area contributed by atoms with E-state index in [1.54, 1.807) is 6.08 Å². The zero-order chi connectivity index (χ0) is 12.4. The van der Waals surface area contributed by atoms with Crippen molar-refractivity contribution < 1.29 is 9.59 Å². The maximum atomic E-state index is 11.4. The van der Waals surface area contributed by atoms with E-state index in [0.717, 1.165) is 5.56 Å². The molecule has 1 aromatic carbocycles. The minimum Gasteiger partial charge on any atom is -0.292 e. The minimum absolute atomic E-state index is 0.185. The van der Waals surface area contributed by atoms with Crippen LogP contribution in [0.4, 0.5) is 0 Å². The first-order valence-electron chi connectivity index (χ1n) is 5.71. The fraction of sp³-hybridized carbons (Fsp3) is 0.286. The lowest BCUT2D eigenvalue weighted by Crippen LogP contribution is -2.19. The summed E-state index contributed by atoms with van der Waals surface area (Å²) in [6, 6.07) is 8.04. The summed E-state index contributed by atoms with van der Waals surface area (Å²) in [5, 5.41) is 2.27. The van der Waals surface area contributed by atoms with Crippen LogP contribution in [-0.4, -0.2) is 11.8 Å². The van der Waals surface area contributed by atoms with Crippen LogP contribution in [0.5, 0.6) is 0 Å². The Morgan fingerprint density at radius 2 is 1.82 bits per heavy atom. The molecule has 1 fully saturated rings. The molecule has 0 bridgehead atoms. The van der Waals surface area contributed by atoms with Gasteiger partial charge in [0.2, 0.25) is 5.91 Å². The molecule has 3 nitrogen and oxygen atoms in total. The Morgan fingerprint density at radius 1 is 1.18 bits per heavy atom. The summed E-state index contributed by atoms with van der Waals surface area (Å²) in [6.45, 7) is 4.27. The lowest BCUT2D eigenvalue weighted by atomic mass is 10.0. The Kier molecular flexibility index (Phi) is 3.09. The van der Waals surface area contributed by atoms with Crippen LogP contribution < -0.4 is 5.32 Å². The van der Waals surface area contributed by atoms with Crippen LogP contribution >= 0.6 is 0 Å². The topological polar surface area (TPSA) is 46.2 Å². The molecular formula is C14H15NO2. The summed E-state index contributed by atoms with van der Waals surface area (Å²) in [5.74, 6) is -0.00366. The molecule has 1 N–H and O–H groups in total. The molecule has 2 rings (SSSR count). The second kappa shape index (κ2) is 4.53. The normalized spacial score (nSPS) is 17.9. The van der Waals surface area contributed by atoms with E-state index in [2.05, 4.69) is 19.2 Å². The van der Waals surface area contributed by atoms with E-state index in [1.165, 1.54) is 5.56 Å². The molecule has 0 spiro atoms. The van der Waals surface area contributed by atoms with Gasteiger partial charge < -0.3 is 0 Å². The molecule has 0 radical (unpaired) electrons. The molecule has 0 unspecified atom stereocenters. The number of carbonyl (C=O) groups excluding carboxylic acids is 2. The van der Waals surface area contributed by atoms with Gasteiger partial charge in [0, 0.05) is 5.57 Å². The molecule has 1 saturated heterocycles. The molecule has 1 aliphatic heterocycles. The van der Waals surface area contributed by atoms with Gasteiger partial charge >= 0.3 is 0 Å². The van der Waals surface area contributed by atoms with E-state index < -0.39 is 0 Å². The van der Waals surface area contributed by atoms with Gasteiger partial charge in [-0.2, -0.15) is 0 Å². The first-order chi connectivity index (χ1) is 8.06. The molecule has 0 atom stereocenters. The molecule has 2 amide bonds. The summed E-state index contributed by atoms with van der Waals surface area (Å²) in [4.78, 5) is 22.4. The first kappa shape index (κ1) is 11.6. The summed E-state index contributed by atoms with van der Waals surface area (Å²) < 4.78 is 0. The molecular weight excluding hydrogens is 214 g/mol. The second-order valence-electron chi connectivity index (χ2n) is 4.55. The summed E-state index contributed by atoms with van der Waals surface area (Å²) in [5.41, 5.74) is 2.75. The van der Waals surface area contributed by atoms with Crippen molar-refractivity contribution in [1.29, 1.82) is 0 Å². The third-order valence-electron chi connectivity index (χ3n) is 2.84. The number of imide groups is 1. The van der Waals surface area contributed by atoms with E-state index in [9.17, 15) is 9.59 Å². The number of carbonyl (C=O) groups is 2. The zero-order valence-corrected chi connectivity index (χ0v) is 9.99. The van der Waals surface area contributed by atoms with Crippen LogP contribution in [0.2, 0.25) is 0 Å². The van der Waals surface area contributed by atoms with Gasteiger partial charge in [-0.05, 0) is 23.1 Å². The highest BCUT2D eigenvalue weighted by molar-refractivity contribution is 6.15. The molecule has 1 aliphatic rings. The number of hydrogen-bond donors (Lipinski definition) is 1. The largest absolute Gasteiger partial charge is 0.292 e. The average Bonchev–Trinajstić information content (AvgIpc) is 2.58. The van der Waals surface area contributed by atoms with Gasteiger partial charge in [0.1, 0.15) is 0 Å². The van der Waals surface area contributed by atoms with Crippen molar-refractivity contribution in [2.24, 2.45) is 0 Å². The van der Waals surface area contributed by atoms with Crippen molar-refractivity contribution in [3.8, 4) is 0 Å². The summed E-state index contributed by atoms with van der Waals surface area (Å²) in [6.07, 6.45) is 1.95. The standard InChI is InChI=1S/C14H15NO2/c1-9(2)11-5-3-10(4-6-11)7-12-8-13(16)15-14(12)17/h3-7,9H,8H2,1-2H3,(H,15,16,17)/b12-7+. The molecule has 1 heterocycles. The highest BCUT2D eigenvalue weighted by Gasteiger charge is 2.23. The number of hydrogen-bond acceptors (Lipinski definition) is 2. The molecule has 88 valence electrons. The van der Waals surface area contributed by atoms with Gasteiger partial charge in [0.15, 0.2) is 0 Å². The molecule has 0 aromatic heterocycles. The summed E-state index contributed by atoms with van der Waals surface area (Å²) >= 11 is 0. The number of rotatable bonds is 2. The van der Waals surface area contributed by atoms with E-state index >= 15 is 0 Å². The third-order valence-corrected chi connectivity index (χ3v) is 2.84. The SMILES string of the molecule is CC(C)c1ccc(/C=C2\CC(=O)NC2=O)cc1. The fourth-order valence-corrected chi connectivity index (χ4v) is 1.80. The van der Waals surface area contributed by atoms with Crippen LogP contribution in [-0.2, 0) is 9.59 Å². The Balaban J connectivity index is 2.21. The molecule has 17 heavy (non-hydrogen) atoms. The summed E-state index contributed by atoms with van der Waals surface area (Å²) in [7, 11) is 0. The lowest BCUT2D eigenvalue weighted by molar-refractivity contribution is -0.124. The maximum absolute atomic E-state index is 11.4. The third kappa shape index (κ3) is 2.61. The van der Waals surface area contributed by atoms with Crippen LogP contribution in [0.25, 0.3) is 6.08 Å². The van der Waals surface area contributed by atoms with Crippen LogP contribution in [0.15, 0.2) is 29.8 Å². The van der Waals surface area contributed by atoms with Gasteiger partial charge in [0.05, 0.1) is 6.42 Å². The monoisotopic (exact) mass is 229 g/mol. The second-order valence-corrected chi connectivity index (χ2v) is 4.55. The fourth-order valence-electron chi connectivity index (χ4n) is 1.80. The van der Waals surface area contributed by atoms with Gasteiger partial charge in [-0.25, -0.2) is 0 Å². The Labute approximate surface area is 101 Å². The van der Waals surface area contributed by atoms with Crippen LogP contribution in [0, 0.1) is 0 Å². The van der Waals surface area contributed by atoms with Crippen molar-refractivity contribution in [2.45, 2.75) is 26.2 Å². The Hall–Kier alpha value is -1.90. The smallest absolute Gasteiger partial charge is 0.254 e. The van der Waals surface area contributed by atoms with Crippen molar-refractivity contribution in [3.63, 3.8) is 0 Å². The van der Waals surface area contributed by atoms with Crippen LogP contribution in [0.1, 0.15) is 37.3 Å². The van der Waals surface area contributed by atoms with E-state index in [-0.39, 0.29) is 18.2 Å². The maximum Gasteiger partial charge on any atom is 0.254 e. The quantitative estimate of drug-likeness (QED) is 0.624. The Morgan fingerprint density at radius 3 is 2.29 bits per heavy atom. The average molecular weight is 229 g/mol. The van der Waals surface area contributed by atoms with Gasteiger partial charge in [-0.1, -0.05) is 38.1 Å². The Bertz CT molecular complexity index is 483. The van der Waals surface area contributed by atoms with Crippen molar-refractivity contribution in [3.05, 3.63) is 41.0 Å². The van der Waals surface area contributed by atoms with Gasteiger partial charge in [-0.3, -0.25) is 14.9 Å². The van der Waals surface area contributed by atoms with Crippen molar-refractivity contribution in [2.75, 3.05) is 0 Å². The lowest BCUT2D eigenvalue weighted by Gasteiger charge is -2.04. The highest BCUT2D eigenvalue weighted by Crippen LogP contribution is 2.18. The van der Waals surface area contributed by atoms with E-state index in [0.29, 0.717) is 11.5 Å². The highest BCUT2D eigenvalue weighted by atomic mass is 16.2. The van der Waals surface area contributed by atoms with E-state index in [4.69, 9.17) is 0 Å². The predicted octanol–water partition coefficient (Wildman–Crippen LogP) is 2.24.